The molecule has 9 heavy (non-hydrogen) atoms. The molecule has 0 rings (SSSR count). The molecule has 0 aliphatic heterocycles. The van der Waals surface area contributed by atoms with Crippen LogP contribution in [0.15, 0.2) is 0 Å². The Morgan fingerprint density at radius 2 is 0.778 bits per heavy atom. The third-order valence-corrected chi connectivity index (χ3v) is 0. The summed E-state index contributed by atoms with van der Waals surface area (Å²) in [6, 6.07) is 0. The molecule has 6 radical (unpaired) electrons. The number of halogens is 2. The summed E-state index contributed by atoms with van der Waals surface area (Å²) < 4.78 is 0. The van der Waals surface area contributed by atoms with Gasteiger partial charge in [-0.05, 0) is 0 Å². The van der Waals surface area contributed by atoms with Crippen LogP contribution in [0.5, 0.6) is 0 Å². The van der Waals surface area contributed by atoms with E-state index in [0.29, 0.717) is 0 Å². The molecule has 0 saturated heterocycles. The summed E-state index contributed by atoms with van der Waals surface area (Å²) in [5, 5.41) is 0. The van der Waals surface area contributed by atoms with E-state index in [1.165, 1.54) is 0 Å². The Kier molecular flexibility index (Phi) is 725. The molecule has 0 aromatic rings. The molecule has 0 aromatic carbocycles. The molecule has 0 saturated carbocycles. The van der Waals surface area contributed by atoms with Crippen molar-refractivity contribution in [2.24, 2.45) is 0 Å². The van der Waals surface area contributed by atoms with Crippen molar-refractivity contribution in [3.63, 3.8) is 0 Å². The monoisotopic (exact) mass is 346 g/mol. The Hall–Kier alpha value is 0.226. The fourth-order valence-electron chi connectivity index (χ4n) is 0. The minimum absolute atomic E-state index is 0.639. The van der Waals surface area contributed by atoms with Gasteiger partial charge in [0.2, 0.25) is 0 Å². The van der Waals surface area contributed by atoms with Gasteiger partial charge >= 0.3 is 34.7 Å². The Labute approximate surface area is 69.5 Å². The van der Waals surface area contributed by atoms with E-state index in [-0.39, 0.29) is 0 Å². The fraction of sp³-hybridized carbons (Fsp3) is 0. The molecule has 0 bridgehead atoms. The van der Waals surface area contributed by atoms with Crippen LogP contribution in [-0.2, 0) is 29.8 Å². The number of hydrogen-bond donors (Lipinski definition) is 0. The topological polar surface area (TPSA) is 51.2 Å². The average Bonchev–Trinajstić information content (AvgIpc) is 2.01. The van der Waals surface area contributed by atoms with E-state index in [2.05, 4.69) is 20.4 Å². The molecule has 0 aliphatic carbocycles. The van der Waals surface area contributed by atoms with Crippen LogP contribution in [-0.4, -0.2) is 20.4 Å². The van der Waals surface area contributed by atoms with Gasteiger partial charge in [-0.2, -0.15) is 0 Å². The zero-order chi connectivity index (χ0) is 8.71. The van der Waals surface area contributed by atoms with Gasteiger partial charge in [0.15, 0.2) is 0 Å². The Balaban J connectivity index is -0.0000000190. The van der Waals surface area contributed by atoms with Gasteiger partial charge in [-0.3, -0.25) is 14.4 Å². The van der Waals surface area contributed by atoms with Crippen LogP contribution in [0.1, 0.15) is 0 Å². The van der Waals surface area contributed by atoms with E-state index in [9.17, 15) is 0 Å². The van der Waals surface area contributed by atoms with Gasteiger partial charge in [0, 0.05) is 0 Å². The molecule has 0 amide bonds. The van der Waals surface area contributed by atoms with E-state index in [4.69, 9.17) is 33.7 Å². The molecule has 3 nitrogen and oxygen atoms in total. The van der Waals surface area contributed by atoms with Crippen LogP contribution in [0.4, 0.5) is 0 Å². The van der Waals surface area contributed by atoms with Crippen LogP contribution in [0.25, 0.3) is 0 Å². The van der Waals surface area contributed by atoms with Crippen molar-refractivity contribution in [1.29, 1.82) is 0 Å². The van der Waals surface area contributed by atoms with Gasteiger partial charge in [0.1, 0.15) is 0 Å². The summed E-state index contributed by atoms with van der Waals surface area (Å²) >= 11 is -0.639. The average molecular weight is 345 g/mol. The Bertz CT molecular complexity index is 28.3. The van der Waals surface area contributed by atoms with E-state index >= 15 is 0 Å². The van der Waals surface area contributed by atoms with Gasteiger partial charge < -0.3 is 0 Å². The SMILES string of the molecule is [C]=O.[C]=O.[C]=O.[Cl][Os][Cl]. The van der Waals surface area contributed by atoms with Gasteiger partial charge in [0.05, 0.1) is 0 Å². The van der Waals surface area contributed by atoms with Gasteiger partial charge in [-0.1, -0.05) is 0 Å². The van der Waals surface area contributed by atoms with Crippen LogP contribution in [0.2, 0.25) is 0 Å². The van der Waals surface area contributed by atoms with Crippen molar-refractivity contribution in [2.45, 2.75) is 0 Å². The standard InChI is InChI=1S/3CO.2ClH.Os/c3*1-2;;;/h;;;2*1H;/q;;;;;+2/p-2. The van der Waals surface area contributed by atoms with Crippen LogP contribution in [0, 0.1) is 0 Å². The molecular weight excluding hydrogens is 345 g/mol. The van der Waals surface area contributed by atoms with Crippen LogP contribution < -0.4 is 0 Å². The summed E-state index contributed by atoms with van der Waals surface area (Å²) in [6.07, 6.45) is 0. The van der Waals surface area contributed by atoms with Crippen molar-refractivity contribution < 1.29 is 29.8 Å². The molecule has 0 aromatic heterocycles. The maximum absolute atomic E-state index is 7.50. The first kappa shape index (κ1) is 22.9. The molecule has 0 spiro atoms. The molecule has 0 atom stereocenters. The van der Waals surface area contributed by atoms with Crippen molar-refractivity contribution in [3.8, 4) is 0 Å². The molecular formula is C3Cl2O3Os. The van der Waals surface area contributed by atoms with Gasteiger partial charge in [0.25, 0.3) is 20.4 Å². The van der Waals surface area contributed by atoms with E-state index < -0.39 is 15.4 Å². The van der Waals surface area contributed by atoms with Crippen molar-refractivity contribution in [3.05, 3.63) is 0 Å². The van der Waals surface area contributed by atoms with Crippen LogP contribution >= 0.6 is 19.3 Å². The second-order valence-corrected chi connectivity index (χ2v) is 3.72. The molecule has 0 fully saturated rings. The normalized spacial score (nSPS) is 3.78. The first-order chi connectivity index (χ1) is 4.41. The molecule has 0 N–H and O–H groups in total. The van der Waals surface area contributed by atoms with E-state index in [1.807, 2.05) is 0 Å². The molecule has 52 valence electrons. The molecule has 0 aliphatic rings. The summed E-state index contributed by atoms with van der Waals surface area (Å²) in [6.45, 7) is 13.5. The van der Waals surface area contributed by atoms with Crippen molar-refractivity contribution >= 4 is 39.6 Å². The fourth-order valence-corrected chi connectivity index (χ4v) is 0. The third-order valence-electron chi connectivity index (χ3n) is 0. The first-order valence-corrected chi connectivity index (χ1v) is 7.18. The zero-order valence-corrected chi connectivity index (χ0v) is 7.89. The van der Waals surface area contributed by atoms with Gasteiger partial charge in [-0.25, -0.2) is 0 Å². The number of hydrogen-bond acceptors (Lipinski definition) is 3. The van der Waals surface area contributed by atoms with Gasteiger partial charge in [-0.15, -0.1) is 0 Å². The predicted molar refractivity (Wildman–Crippen MR) is 28.8 cm³/mol. The number of carbonyl (C=O) groups excluding carboxylic acids is 3. The molecule has 0 unspecified atom stereocenters. The summed E-state index contributed by atoms with van der Waals surface area (Å²) in [5.74, 6) is 0. The van der Waals surface area contributed by atoms with E-state index in [0.717, 1.165) is 0 Å². The second-order valence-electron chi connectivity index (χ2n) is 0.0505. The second kappa shape index (κ2) is 286. The van der Waals surface area contributed by atoms with Crippen molar-refractivity contribution in [1.82, 2.24) is 0 Å². The maximum atomic E-state index is 7.50. The summed E-state index contributed by atoms with van der Waals surface area (Å²) in [5.41, 5.74) is 0. The summed E-state index contributed by atoms with van der Waals surface area (Å²) in [4.78, 5) is 22.5. The zero-order valence-electron chi connectivity index (χ0n) is 3.83. The third kappa shape index (κ3) is 6220. The molecule has 6 heteroatoms. The Morgan fingerprint density at radius 1 is 0.778 bits per heavy atom. The van der Waals surface area contributed by atoms with Crippen molar-refractivity contribution in [2.75, 3.05) is 0 Å². The van der Waals surface area contributed by atoms with Crippen LogP contribution in [0.3, 0.4) is 0 Å². The minimum atomic E-state index is -0.639. The Morgan fingerprint density at radius 3 is 0.778 bits per heavy atom. The first-order valence-electron chi connectivity index (χ1n) is 0.880. The molecule has 0 heterocycles. The van der Waals surface area contributed by atoms with E-state index in [1.54, 1.807) is 0 Å². The predicted octanol–water partition coefficient (Wildman–Crippen LogP) is 0.185. The quantitative estimate of drug-likeness (QED) is 0.630. The number of rotatable bonds is 0. The summed E-state index contributed by atoms with van der Waals surface area (Å²) in [7, 11) is 9.81.